The first-order valence-corrected chi connectivity index (χ1v) is 6.66. The molecule has 0 radical (unpaired) electrons. The molecule has 7 heteroatoms. The molecule has 1 heterocycles. The first-order valence-electron chi connectivity index (χ1n) is 6.66. The summed E-state index contributed by atoms with van der Waals surface area (Å²) in [5, 5.41) is 28.6. The van der Waals surface area contributed by atoms with E-state index in [2.05, 4.69) is 0 Å². The van der Waals surface area contributed by atoms with Crippen LogP contribution in [-0.2, 0) is 4.79 Å². The maximum absolute atomic E-state index is 11.0. The number of nitro groups is 1. The van der Waals surface area contributed by atoms with Gasteiger partial charge in [0.2, 0.25) is 0 Å². The Balaban J connectivity index is 2.10. The Labute approximate surface area is 121 Å². The van der Waals surface area contributed by atoms with Crippen molar-refractivity contribution in [3.8, 4) is 6.07 Å². The van der Waals surface area contributed by atoms with Crippen molar-refractivity contribution < 1.29 is 14.8 Å². The number of carboxylic acid groups (broad SMARTS) is 1. The lowest BCUT2D eigenvalue weighted by atomic mass is 9.93. The molecule has 1 aliphatic heterocycles. The Morgan fingerprint density at radius 1 is 1.48 bits per heavy atom. The fourth-order valence-electron chi connectivity index (χ4n) is 2.60. The third-order valence-corrected chi connectivity index (χ3v) is 3.74. The molecule has 0 spiro atoms. The molecule has 7 nitrogen and oxygen atoms in total. The van der Waals surface area contributed by atoms with Crippen molar-refractivity contribution in [2.45, 2.75) is 19.3 Å². The van der Waals surface area contributed by atoms with E-state index in [1.165, 1.54) is 12.1 Å². The van der Waals surface area contributed by atoms with E-state index in [-0.39, 0.29) is 23.6 Å². The minimum absolute atomic E-state index is 0.0458. The van der Waals surface area contributed by atoms with Gasteiger partial charge in [0, 0.05) is 31.3 Å². The van der Waals surface area contributed by atoms with Crippen LogP contribution in [0.3, 0.4) is 0 Å². The molecule has 0 aliphatic carbocycles. The number of nitro benzene ring substituents is 1. The Hall–Kier alpha value is -2.62. The van der Waals surface area contributed by atoms with Crippen molar-refractivity contribution in [2.75, 3.05) is 18.0 Å². The minimum Gasteiger partial charge on any atom is -0.481 e. The Kier molecular flexibility index (Phi) is 4.38. The van der Waals surface area contributed by atoms with Gasteiger partial charge in [-0.2, -0.15) is 5.26 Å². The van der Waals surface area contributed by atoms with Crippen LogP contribution in [0.2, 0.25) is 0 Å². The normalized spacial score (nSPS) is 15.5. The zero-order valence-corrected chi connectivity index (χ0v) is 11.4. The van der Waals surface area contributed by atoms with Crippen LogP contribution in [-0.4, -0.2) is 29.1 Å². The molecule has 0 unspecified atom stereocenters. The number of benzene rings is 1. The maximum Gasteiger partial charge on any atom is 0.303 e. The van der Waals surface area contributed by atoms with Crippen LogP contribution >= 0.6 is 0 Å². The van der Waals surface area contributed by atoms with E-state index in [9.17, 15) is 14.9 Å². The lowest BCUT2D eigenvalue weighted by Crippen LogP contribution is -2.34. The van der Waals surface area contributed by atoms with Crippen molar-refractivity contribution in [1.82, 2.24) is 0 Å². The number of hydrogen-bond donors (Lipinski definition) is 1. The second kappa shape index (κ2) is 6.22. The fraction of sp³-hybridized carbons (Fsp3) is 0.429. The summed E-state index contributed by atoms with van der Waals surface area (Å²) in [6.45, 7) is 1.34. The van der Waals surface area contributed by atoms with Crippen molar-refractivity contribution >= 4 is 17.3 Å². The standard InChI is InChI=1S/C14H15N3O4/c15-9-11-1-2-12(8-13(11)17(20)21)16-5-3-10(4-6-16)7-14(18)19/h1-2,8,10H,3-7H2,(H,18,19). The summed E-state index contributed by atoms with van der Waals surface area (Å²) in [5.74, 6) is -0.630. The molecule has 1 saturated heterocycles. The highest BCUT2D eigenvalue weighted by atomic mass is 16.6. The Morgan fingerprint density at radius 2 is 2.14 bits per heavy atom. The number of piperidine rings is 1. The highest BCUT2D eigenvalue weighted by molar-refractivity contribution is 5.67. The van der Waals surface area contributed by atoms with E-state index in [1.54, 1.807) is 6.07 Å². The molecule has 110 valence electrons. The van der Waals surface area contributed by atoms with Crippen LogP contribution < -0.4 is 4.90 Å². The van der Waals surface area contributed by atoms with E-state index in [4.69, 9.17) is 10.4 Å². The van der Waals surface area contributed by atoms with Gasteiger partial charge in [-0.25, -0.2) is 0 Å². The maximum atomic E-state index is 11.0. The average Bonchev–Trinajstić information content (AvgIpc) is 2.46. The summed E-state index contributed by atoms with van der Waals surface area (Å²) in [4.78, 5) is 23.1. The van der Waals surface area contributed by atoms with Crippen LogP contribution in [0.5, 0.6) is 0 Å². The average molecular weight is 289 g/mol. The number of anilines is 1. The molecule has 1 aromatic rings. The van der Waals surface area contributed by atoms with Crippen LogP contribution in [0.15, 0.2) is 18.2 Å². The molecule has 0 saturated carbocycles. The zero-order chi connectivity index (χ0) is 15.4. The summed E-state index contributed by atoms with van der Waals surface area (Å²) >= 11 is 0. The van der Waals surface area contributed by atoms with Gasteiger partial charge in [-0.05, 0) is 30.9 Å². The highest BCUT2D eigenvalue weighted by Gasteiger charge is 2.23. The molecular weight excluding hydrogens is 274 g/mol. The quantitative estimate of drug-likeness (QED) is 0.672. The number of aliphatic carboxylic acids is 1. The summed E-state index contributed by atoms with van der Waals surface area (Å²) in [5.41, 5.74) is 0.557. The third-order valence-electron chi connectivity index (χ3n) is 3.74. The monoisotopic (exact) mass is 289 g/mol. The first kappa shape index (κ1) is 14.8. The molecule has 0 aromatic heterocycles. The molecule has 2 rings (SSSR count). The lowest BCUT2D eigenvalue weighted by Gasteiger charge is -2.33. The van der Waals surface area contributed by atoms with Crippen LogP contribution in [0.1, 0.15) is 24.8 Å². The van der Waals surface area contributed by atoms with Crippen molar-refractivity contribution in [3.05, 3.63) is 33.9 Å². The predicted molar refractivity (Wildman–Crippen MR) is 75.0 cm³/mol. The summed E-state index contributed by atoms with van der Waals surface area (Å²) < 4.78 is 0. The molecule has 0 bridgehead atoms. The smallest absolute Gasteiger partial charge is 0.303 e. The molecule has 21 heavy (non-hydrogen) atoms. The highest BCUT2D eigenvalue weighted by Crippen LogP contribution is 2.29. The number of nitrogens with zero attached hydrogens (tertiary/aromatic N) is 3. The molecule has 0 atom stereocenters. The van der Waals surface area contributed by atoms with Gasteiger partial charge in [0.1, 0.15) is 11.6 Å². The van der Waals surface area contributed by atoms with Crippen molar-refractivity contribution in [2.24, 2.45) is 5.92 Å². The number of carboxylic acids is 1. The number of carbonyl (C=O) groups is 1. The summed E-state index contributed by atoms with van der Waals surface area (Å²) in [6, 6.07) is 6.38. The third kappa shape index (κ3) is 3.48. The van der Waals surface area contributed by atoms with Gasteiger partial charge in [0.25, 0.3) is 5.69 Å². The van der Waals surface area contributed by atoms with Gasteiger partial charge in [0.05, 0.1) is 4.92 Å². The second-order valence-corrected chi connectivity index (χ2v) is 5.10. The van der Waals surface area contributed by atoms with Crippen molar-refractivity contribution in [1.29, 1.82) is 5.26 Å². The van der Waals surface area contributed by atoms with Crippen LogP contribution in [0.25, 0.3) is 0 Å². The SMILES string of the molecule is N#Cc1ccc(N2CCC(CC(=O)O)CC2)cc1[N+](=O)[O-]. The summed E-state index contributed by atoms with van der Waals surface area (Å²) in [7, 11) is 0. The van der Waals surface area contributed by atoms with E-state index < -0.39 is 10.9 Å². The number of rotatable bonds is 4. The van der Waals surface area contributed by atoms with E-state index in [0.717, 1.165) is 12.8 Å². The van der Waals surface area contributed by atoms with Gasteiger partial charge in [0.15, 0.2) is 0 Å². The van der Waals surface area contributed by atoms with Gasteiger partial charge in [-0.1, -0.05) is 0 Å². The van der Waals surface area contributed by atoms with Gasteiger partial charge in [-0.15, -0.1) is 0 Å². The van der Waals surface area contributed by atoms with E-state index in [0.29, 0.717) is 18.8 Å². The number of nitriles is 1. The summed E-state index contributed by atoms with van der Waals surface area (Å²) in [6.07, 6.45) is 1.67. The molecule has 1 N–H and O–H groups in total. The molecule has 1 fully saturated rings. The predicted octanol–water partition coefficient (Wildman–Crippen LogP) is 2.16. The molecule has 1 aromatic carbocycles. The lowest BCUT2D eigenvalue weighted by molar-refractivity contribution is -0.385. The topological polar surface area (TPSA) is 107 Å². The van der Waals surface area contributed by atoms with E-state index >= 15 is 0 Å². The van der Waals surface area contributed by atoms with Crippen LogP contribution in [0.4, 0.5) is 11.4 Å². The molecule has 0 amide bonds. The Bertz CT molecular complexity index is 601. The van der Waals surface area contributed by atoms with Gasteiger partial charge in [-0.3, -0.25) is 14.9 Å². The van der Waals surface area contributed by atoms with E-state index in [1.807, 2.05) is 11.0 Å². The molecule has 1 aliphatic rings. The minimum atomic E-state index is -0.789. The van der Waals surface area contributed by atoms with Crippen LogP contribution in [0, 0.1) is 27.4 Å². The Morgan fingerprint density at radius 3 is 2.67 bits per heavy atom. The number of hydrogen-bond acceptors (Lipinski definition) is 5. The zero-order valence-electron chi connectivity index (χ0n) is 11.4. The first-order chi connectivity index (χ1) is 10.0. The van der Waals surface area contributed by atoms with Crippen molar-refractivity contribution in [3.63, 3.8) is 0 Å². The second-order valence-electron chi connectivity index (χ2n) is 5.10. The molecular formula is C14H15N3O4. The fourth-order valence-corrected chi connectivity index (χ4v) is 2.60. The van der Waals surface area contributed by atoms with Gasteiger partial charge >= 0.3 is 5.97 Å². The van der Waals surface area contributed by atoms with Gasteiger partial charge < -0.3 is 10.0 Å². The largest absolute Gasteiger partial charge is 0.481 e.